The van der Waals surface area contributed by atoms with Crippen LogP contribution in [0.15, 0.2) is 30.5 Å². The van der Waals surface area contributed by atoms with E-state index in [1.807, 2.05) is 24.3 Å². The van der Waals surface area contributed by atoms with E-state index in [-0.39, 0.29) is 11.9 Å². The van der Waals surface area contributed by atoms with Gasteiger partial charge in [-0.25, -0.2) is 0 Å². The third kappa shape index (κ3) is 2.10. The van der Waals surface area contributed by atoms with Gasteiger partial charge in [0.2, 0.25) is 5.91 Å². The molecule has 2 aliphatic heterocycles. The Morgan fingerprint density at radius 3 is 3.10 bits per heavy atom. The Labute approximate surface area is 124 Å². The molecule has 2 atom stereocenters. The van der Waals surface area contributed by atoms with Crippen molar-refractivity contribution in [1.82, 2.24) is 4.98 Å². The first-order valence-electron chi connectivity index (χ1n) is 7.01. The molecule has 4 rings (SSSR count). The number of hydrogen-bond donors (Lipinski definition) is 1. The number of hydrogen-bond acceptors (Lipinski definition) is 4. The Hall–Kier alpha value is -1.95. The largest absolute Gasteiger partial charge is 0.364 e. The quantitative estimate of drug-likeness (QED) is 0.801. The molecule has 3 heterocycles. The third-order valence-corrected chi connectivity index (χ3v) is 5.50. The summed E-state index contributed by atoms with van der Waals surface area (Å²) in [5, 5.41) is 3.98. The minimum Gasteiger partial charge on any atom is -0.364 e. The number of carbonyl (C=O) groups is 1. The molecule has 6 heteroatoms. The lowest BCUT2D eigenvalue weighted by molar-refractivity contribution is -0.116. The second-order valence-corrected chi connectivity index (χ2v) is 7.07. The van der Waals surface area contributed by atoms with Gasteiger partial charge < -0.3 is 10.2 Å². The average Bonchev–Trinajstić information content (AvgIpc) is 2.61. The van der Waals surface area contributed by atoms with Crippen LogP contribution >= 0.6 is 0 Å². The number of amides is 1. The van der Waals surface area contributed by atoms with Gasteiger partial charge in [-0.1, -0.05) is 18.2 Å². The van der Waals surface area contributed by atoms with Crippen molar-refractivity contribution in [2.24, 2.45) is 0 Å². The van der Waals surface area contributed by atoms with Gasteiger partial charge in [0.25, 0.3) is 0 Å². The molecular formula is C15H15N3O2S. The number of fused-ring (bicyclic) bond motifs is 5. The maximum Gasteiger partial charge on any atom is 0.226 e. The number of anilines is 2. The van der Waals surface area contributed by atoms with Crippen LogP contribution in [0.3, 0.4) is 0 Å². The second-order valence-electron chi connectivity index (χ2n) is 5.45. The predicted molar refractivity (Wildman–Crippen MR) is 84.0 cm³/mol. The molecule has 2 aliphatic rings. The number of nitrogens with zero attached hydrogens (tertiary/aromatic N) is 2. The van der Waals surface area contributed by atoms with E-state index in [0.717, 1.165) is 22.3 Å². The molecule has 0 saturated carbocycles. The van der Waals surface area contributed by atoms with Crippen LogP contribution in [0.4, 0.5) is 11.4 Å². The summed E-state index contributed by atoms with van der Waals surface area (Å²) >= 11 is 0. The summed E-state index contributed by atoms with van der Waals surface area (Å²) in [4.78, 5) is 18.7. The molecule has 0 spiro atoms. The van der Waals surface area contributed by atoms with Crippen molar-refractivity contribution >= 4 is 39.0 Å². The molecule has 21 heavy (non-hydrogen) atoms. The zero-order chi connectivity index (χ0) is 14.4. The lowest BCUT2D eigenvalue weighted by atomic mass is 10.1. The Morgan fingerprint density at radius 2 is 2.19 bits per heavy atom. The van der Waals surface area contributed by atoms with Crippen molar-refractivity contribution in [3.63, 3.8) is 0 Å². The fourth-order valence-electron chi connectivity index (χ4n) is 3.18. The van der Waals surface area contributed by atoms with Gasteiger partial charge in [0.05, 0.1) is 23.1 Å². The Bertz CT molecular complexity index is 762. The number of benzene rings is 1. The van der Waals surface area contributed by atoms with Gasteiger partial charge in [0.1, 0.15) is 0 Å². The molecule has 1 aromatic heterocycles. The summed E-state index contributed by atoms with van der Waals surface area (Å²) in [6.07, 6.45) is 2.11. The lowest BCUT2D eigenvalue weighted by Crippen LogP contribution is -2.47. The van der Waals surface area contributed by atoms with E-state index in [2.05, 4.69) is 15.2 Å². The minimum absolute atomic E-state index is 0.00615. The van der Waals surface area contributed by atoms with E-state index in [0.29, 0.717) is 24.5 Å². The SMILES string of the molecule is O=C1CC2CS(=O)CCN2c2c(cnc3ccccc23)N1. The molecular weight excluding hydrogens is 286 g/mol. The van der Waals surface area contributed by atoms with E-state index in [1.54, 1.807) is 6.20 Å². The molecule has 2 aromatic rings. The van der Waals surface area contributed by atoms with Crippen LogP contribution in [-0.4, -0.2) is 39.2 Å². The van der Waals surface area contributed by atoms with Crippen LogP contribution in [0, 0.1) is 0 Å². The number of para-hydroxylation sites is 1. The lowest BCUT2D eigenvalue weighted by Gasteiger charge is -2.36. The number of pyridine rings is 1. The molecule has 0 radical (unpaired) electrons. The molecule has 1 amide bonds. The Kier molecular flexibility index (Phi) is 2.92. The first kappa shape index (κ1) is 12.8. The van der Waals surface area contributed by atoms with Crippen molar-refractivity contribution in [1.29, 1.82) is 0 Å². The van der Waals surface area contributed by atoms with Crippen LogP contribution < -0.4 is 10.2 Å². The first-order valence-corrected chi connectivity index (χ1v) is 8.50. The smallest absolute Gasteiger partial charge is 0.226 e. The first-order chi connectivity index (χ1) is 10.2. The van der Waals surface area contributed by atoms with Crippen molar-refractivity contribution < 1.29 is 9.00 Å². The van der Waals surface area contributed by atoms with Crippen molar-refractivity contribution in [2.45, 2.75) is 12.5 Å². The maximum atomic E-state index is 12.1. The highest BCUT2D eigenvalue weighted by Gasteiger charge is 2.33. The van der Waals surface area contributed by atoms with Crippen molar-refractivity contribution in [2.75, 3.05) is 28.3 Å². The van der Waals surface area contributed by atoms with Crippen LogP contribution in [-0.2, 0) is 15.6 Å². The molecule has 1 fully saturated rings. The van der Waals surface area contributed by atoms with Gasteiger partial charge in [0, 0.05) is 46.7 Å². The summed E-state index contributed by atoms with van der Waals surface area (Å²) in [6.45, 7) is 0.716. The van der Waals surface area contributed by atoms with Crippen LogP contribution in [0.25, 0.3) is 10.9 Å². The van der Waals surface area contributed by atoms with Gasteiger partial charge in [-0.2, -0.15) is 0 Å². The zero-order valence-electron chi connectivity index (χ0n) is 11.4. The normalized spacial score (nSPS) is 25.0. The van der Waals surface area contributed by atoms with Crippen molar-refractivity contribution in [3.05, 3.63) is 30.5 Å². The summed E-state index contributed by atoms with van der Waals surface area (Å²) < 4.78 is 11.9. The predicted octanol–water partition coefficient (Wildman–Crippen LogP) is 1.51. The van der Waals surface area contributed by atoms with Crippen LogP contribution in [0.1, 0.15) is 6.42 Å². The monoisotopic (exact) mass is 301 g/mol. The number of nitrogens with one attached hydrogen (secondary N) is 1. The summed E-state index contributed by atoms with van der Waals surface area (Å²) in [7, 11) is -0.829. The van der Waals surface area contributed by atoms with Gasteiger partial charge in [-0.15, -0.1) is 0 Å². The standard InChI is InChI=1S/C15H15N3O2S/c19-14-7-10-9-21(20)6-5-18(10)15-11-3-1-2-4-12(11)16-8-13(15)17-14/h1-4,8,10H,5-7,9H2,(H,17,19). The molecule has 1 N–H and O–H groups in total. The highest BCUT2D eigenvalue weighted by atomic mass is 32.2. The van der Waals surface area contributed by atoms with Crippen LogP contribution in [0.5, 0.6) is 0 Å². The number of carbonyl (C=O) groups excluding carboxylic acids is 1. The molecule has 1 aromatic carbocycles. The fraction of sp³-hybridized carbons (Fsp3) is 0.333. The van der Waals surface area contributed by atoms with Crippen LogP contribution in [0.2, 0.25) is 0 Å². The van der Waals surface area contributed by atoms with Crippen molar-refractivity contribution in [3.8, 4) is 0 Å². The topological polar surface area (TPSA) is 62.3 Å². The zero-order valence-corrected chi connectivity index (χ0v) is 12.2. The molecule has 5 nitrogen and oxygen atoms in total. The second kappa shape index (κ2) is 4.80. The van der Waals surface area contributed by atoms with Gasteiger partial charge in [0.15, 0.2) is 0 Å². The Balaban J connectivity index is 1.95. The third-order valence-electron chi connectivity index (χ3n) is 4.11. The molecule has 1 saturated heterocycles. The van der Waals surface area contributed by atoms with E-state index in [4.69, 9.17) is 0 Å². The highest BCUT2D eigenvalue weighted by molar-refractivity contribution is 7.85. The van der Waals surface area contributed by atoms with Gasteiger partial charge in [-0.05, 0) is 6.07 Å². The number of aromatic nitrogens is 1. The summed E-state index contributed by atoms with van der Waals surface area (Å²) in [5.74, 6) is 1.18. The average molecular weight is 301 g/mol. The molecule has 0 bridgehead atoms. The number of rotatable bonds is 0. The van der Waals surface area contributed by atoms with Gasteiger partial charge >= 0.3 is 0 Å². The molecule has 2 unspecified atom stereocenters. The maximum absolute atomic E-state index is 12.1. The molecule has 108 valence electrons. The van der Waals surface area contributed by atoms with E-state index in [9.17, 15) is 9.00 Å². The van der Waals surface area contributed by atoms with E-state index in [1.165, 1.54) is 0 Å². The summed E-state index contributed by atoms with van der Waals surface area (Å²) in [6, 6.07) is 7.95. The highest BCUT2D eigenvalue weighted by Crippen LogP contribution is 2.38. The fourth-order valence-corrected chi connectivity index (χ4v) is 4.47. The van der Waals surface area contributed by atoms with E-state index < -0.39 is 10.8 Å². The Morgan fingerprint density at radius 1 is 1.33 bits per heavy atom. The van der Waals surface area contributed by atoms with E-state index >= 15 is 0 Å². The van der Waals surface area contributed by atoms with Gasteiger partial charge in [-0.3, -0.25) is 14.0 Å². The summed E-state index contributed by atoms with van der Waals surface area (Å²) in [5.41, 5.74) is 2.69. The minimum atomic E-state index is -0.829. The molecule has 0 aliphatic carbocycles.